The average Bonchev–Trinajstić information content (AvgIpc) is 3.00. The zero-order valence-corrected chi connectivity index (χ0v) is 15.7. The smallest absolute Gasteiger partial charge is 0.0326 e. The van der Waals surface area contributed by atoms with E-state index in [2.05, 4.69) is 48.5 Å². The highest BCUT2D eigenvalue weighted by molar-refractivity contribution is 4.95. The van der Waals surface area contributed by atoms with E-state index in [1.165, 1.54) is 32.1 Å². The van der Waals surface area contributed by atoms with Crippen LogP contribution in [-0.2, 0) is 0 Å². The number of rotatable bonds is 5. The molecule has 2 aliphatic carbocycles. The molecule has 0 spiro atoms. The Morgan fingerprint density at radius 3 is 2.00 bits per heavy atom. The predicted molar refractivity (Wildman–Crippen MR) is 94.2 cm³/mol. The molecule has 21 heavy (non-hydrogen) atoms. The number of hydrogen-bond acceptors (Lipinski definition) is 0. The summed E-state index contributed by atoms with van der Waals surface area (Å²) in [4.78, 5) is 0. The van der Waals surface area contributed by atoms with Crippen LogP contribution >= 0.6 is 0 Å². The SMILES string of the molecule is CCC1CC(C)C(C(C)C(C)C2CCCC2C)C1C(C)C. The molecule has 0 saturated heterocycles. The summed E-state index contributed by atoms with van der Waals surface area (Å²) in [5.41, 5.74) is 0. The third kappa shape index (κ3) is 3.35. The molecule has 0 bridgehead atoms. The molecule has 0 aliphatic heterocycles. The lowest BCUT2D eigenvalue weighted by Crippen LogP contribution is -2.34. The van der Waals surface area contributed by atoms with Crippen LogP contribution in [0.5, 0.6) is 0 Å². The van der Waals surface area contributed by atoms with E-state index >= 15 is 0 Å². The van der Waals surface area contributed by atoms with E-state index in [0.717, 1.165) is 53.3 Å². The molecular weight excluding hydrogens is 252 g/mol. The minimum absolute atomic E-state index is 0.862. The van der Waals surface area contributed by atoms with E-state index in [1.54, 1.807) is 0 Å². The quantitative estimate of drug-likeness (QED) is 0.532. The zero-order valence-electron chi connectivity index (χ0n) is 15.7. The molecule has 0 heterocycles. The van der Waals surface area contributed by atoms with Crippen LogP contribution in [0.4, 0.5) is 0 Å². The molecule has 2 aliphatic rings. The van der Waals surface area contributed by atoms with Gasteiger partial charge in [0.25, 0.3) is 0 Å². The summed E-state index contributed by atoms with van der Waals surface area (Å²) >= 11 is 0. The Balaban J connectivity index is 2.13. The van der Waals surface area contributed by atoms with Crippen LogP contribution in [-0.4, -0.2) is 0 Å². The van der Waals surface area contributed by atoms with E-state index in [-0.39, 0.29) is 0 Å². The van der Waals surface area contributed by atoms with Crippen molar-refractivity contribution in [1.82, 2.24) is 0 Å². The van der Waals surface area contributed by atoms with Crippen molar-refractivity contribution in [3.63, 3.8) is 0 Å². The highest BCUT2D eigenvalue weighted by Crippen LogP contribution is 2.53. The first kappa shape index (κ1) is 17.4. The summed E-state index contributed by atoms with van der Waals surface area (Å²) < 4.78 is 0. The van der Waals surface area contributed by atoms with Gasteiger partial charge >= 0.3 is 0 Å². The molecule has 2 fully saturated rings. The Morgan fingerprint density at radius 1 is 0.857 bits per heavy atom. The lowest BCUT2D eigenvalue weighted by atomic mass is 9.66. The van der Waals surface area contributed by atoms with Gasteiger partial charge < -0.3 is 0 Å². The Hall–Kier alpha value is 0. The maximum Gasteiger partial charge on any atom is -0.0326 e. The minimum atomic E-state index is 0.862. The Kier molecular flexibility index (Phi) is 5.83. The van der Waals surface area contributed by atoms with Crippen LogP contribution < -0.4 is 0 Å². The minimum Gasteiger partial charge on any atom is -0.0651 e. The lowest BCUT2D eigenvalue weighted by Gasteiger charge is -2.39. The van der Waals surface area contributed by atoms with Gasteiger partial charge in [0.05, 0.1) is 0 Å². The summed E-state index contributed by atoms with van der Waals surface area (Å²) in [6.45, 7) is 17.6. The van der Waals surface area contributed by atoms with Crippen molar-refractivity contribution in [3.8, 4) is 0 Å². The normalized spacial score (nSPS) is 43.4. The van der Waals surface area contributed by atoms with Crippen molar-refractivity contribution in [3.05, 3.63) is 0 Å². The highest BCUT2D eigenvalue weighted by Gasteiger charge is 2.46. The molecule has 2 rings (SSSR count). The van der Waals surface area contributed by atoms with Gasteiger partial charge in [-0.3, -0.25) is 0 Å². The molecule has 0 nitrogen and oxygen atoms in total. The van der Waals surface area contributed by atoms with E-state index in [4.69, 9.17) is 0 Å². The molecule has 0 N–H and O–H groups in total. The Morgan fingerprint density at radius 2 is 1.52 bits per heavy atom. The second kappa shape index (κ2) is 7.05. The van der Waals surface area contributed by atoms with E-state index in [1.807, 2.05) is 0 Å². The molecule has 0 amide bonds. The highest BCUT2D eigenvalue weighted by atomic mass is 14.5. The fourth-order valence-corrected chi connectivity index (χ4v) is 6.48. The average molecular weight is 293 g/mol. The van der Waals surface area contributed by atoms with Crippen molar-refractivity contribution < 1.29 is 0 Å². The Labute approximate surface area is 134 Å². The van der Waals surface area contributed by atoms with Gasteiger partial charge in [-0.05, 0) is 66.1 Å². The van der Waals surface area contributed by atoms with Gasteiger partial charge in [0.1, 0.15) is 0 Å². The van der Waals surface area contributed by atoms with Gasteiger partial charge in [0.2, 0.25) is 0 Å². The molecule has 124 valence electrons. The molecule has 2 saturated carbocycles. The second-order valence-electron chi connectivity index (χ2n) is 9.07. The van der Waals surface area contributed by atoms with Crippen LogP contribution in [0.25, 0.3) is 0 Å². The maximum atomic E-state index is 2.60. The van der Waals surface area contributed by atoms with Crippen molar-refractivity contribution >= 4 is 0 Å². The third-order valence-corrected chi connectivity index (χ3v) is 7.65. The van der Waals surface area contributed by atoms with Crippen LogP contribution in [0.15, 0.2) is 0 Å². The molecule has 0 radical (unpaired) electrons. The van der Waals surface area contributed by atoms with Crippen molar-refractivity contribution in [1.29, 1.82) is 0 Å². The summed E-state index contributed by atoms with van der Waals surface area (Å²) in [6.07, 6.45) is 7.34. The number of hydrogen-bond donors (Lipinski definition) is 0. The summed E-state index contributed by atoms with van der Waals surface area (Å²) in [5.74, 6) is 8.54. The van der Waals surface area contributed by atoms with Crippen LogP contribution in [0.3, 0.4) is 0 Å². The summed E-state index contributed by atoms with van der Waals surface area (Å²) in [6, 6.07) is 0. The van der Waals surface area contributed by atoms with Gasteiger partial charge in [0.15, 0.2) is 0 Å². The molecule has 0 aromatic carbocycles. The standard InChI is InChI=1S/C21H40/c1-8-18-12-15(5)21(20(18)13(2)3)17(7)16(6)19-11-9-10-14(19)4/h13-21H,8-12H2,1-7H3. The Bertz CT molecular complexity index is 318. The largest absolute Gasteiger partial charge is 0.0651 e. The predicted octanol–water partition coefficient (Wildman–Crippen LogP) is 6.65. The summed E-state index contributed by atoms with van der Waals surface area (Å²) in [5, 5.41) is 0. The maximum absolute atomic E-state index is 2.60. The topological polar surface area (TPSA) is 0 Å². The molecule has 0 heteroatoms. The molecule has 0 aromatic rings. The van der Waals surface area contributed by atoms with Gasteiger partial charge in [-0.2, -0.15) is 0 Å². The van der Waals surface area contributed by atoms with Crippen LogP contribution in [0, 0.1) is 53.3 Å². The van der Waals surface area contributed by atoms with E-state index in [0.29, 0.717) is 0 Å². The molecular formula is C21H40. The van der Waals surface area contributed by atoms with Crippen molar-refractivity contribution in [2.45, 2.75) is 80.6 Å². The summed E-state index contributed by atoms with van der Waals surface area (Å²) in [7, 11) is 0. The van der Waals surface area contributed by atoms with E-state index < -0.39 is 0 Å². The second-order valence-corrected chi connectivity index (χ2v) is 9.07. The first-order chi connectivity index (χ1) is 9.88. The van der Waals surface area contributed by atoms with Gasteiger partial charge in [-0.15, -0.1) is 0 Å². The monoisotopic (exact) mass is 292 g/mol. The fraction of sp³-hybridized carbons (Fsp3) is 1.00. The van der Waals surface area contributed by atoms with Crippen molar-refractivity contribution in [2.24, 2.45) is 53.3 Å². The molecule has 0 aromatic heterocycles. The molecule has 8 atom stereocenters. The van der Waals surface area contributed by atoms with Crippen molar-refractivity contribution in [2.75, 3.05) is 0 Å². The fourth-order valence-electron chi connectivity index (χ4n) is 6.48. The van der Waals surface area contributed by atoms with Crippen LogP contribution in [0.2, 0.25) is 0 Å². The van der Waals surface area contributed by atoms with Gasteiger partial charge in [-0.25, -0.2) is 0 Å². The zero-order chi connectivity index (χ0) is 15.7. The lowest BCUT2D eigenvalue weighted by molar-refractivity contribution is 0.0892. The third-order valence-electron chi connectivity index (χ3n) is 7.65. The molecule has 8 unspecified atom stereocenters. The van der Waals surface area contributed by atoms with Gasteiger partial charge in [-0.1, -0.05) is 67.7 Å². The first-order valence-electron chi connectivity index (χ1n) is 9.88. The first-order valence-corrected chi connectivity index (χ1v) is 9.88. The van der Waals surface area contributed by atoms with Crippen LogP contribution in [0.1, 0.15) is 80.6 Å². The van der Waals surface area contributed by atoms with Gasteiger partial charge in [0, 0.05) is 0 Å². The van der Waals surface area contributed by atoms with E-state index in [9.17, 15) is 0 Å².